The van der Waals surface area contributed by atoms with E-state index in [1.54, 1.807) is 6.92 Å². The number of nitrogens with one attached hydrogen (secondary N) is 1. The van der Waals surface area contributed by atoms with Crippen LogP contribution < -0.4 is 5.73 Å². The van der Waals surface area contributed by atoms with Gasteiger partial charge < -0.3 is 11.1 Å². The Morgan fingerprint density at radius 3 is 2.06 bits per heavy atom. The monoisotopic (exact) mass is 254 g/mol. The summed E-state index contributed by atoms with van der Waals surface area (Å²) in [5.74, 6) is -1.26. The average molecular weight is 254 g/mol. The van der Waals surface area contributed by atoms with Gasteiger partial charge in [0.05, 0.1) is 0 Å². The minimum Gasteiger partial charge on any atom is -0.402 e. The van der Waals surface area contributed by atoms with E-state index in [4.69, 9.17) is 11.1 Å². The van der Waals surface area contributed by atoms with E-state index in [2.05, 4.69) is 0 Å². The SMILES string of the molecule is CC.CC(=N)/C(=C(/C)N)c1ccc(F)c(C)c1F. The van der Waals surface area contributed by atoms with Gasteiger partial charge in [0.15, 0.2) is 0 Å². The second-order valence-corrected chi connectivity index (χ2v) is 3.72. The molecule has 0 atom stereocenters. The van der Waals surface area contributed by atoms with Crippen molar-refractivity contribution in [1.29, 1.82) is 5.41 Å². The van der Waals surface area contributed by atoms with Gasteiger partial charge in [-0.25, -0.2) is 8.78 Å². The molecule has 0 amide bonds. The molecule has 0 unspecified atom stereocenters. The fraction of sp³-hybridized carbons (Fsp3) is 0.357. The van der Waals surface area contributed by atoms with Crippen LogP contribution in [0.4, 0.5) is 8.78 Å². The highest BCUT2D eigenvalue weighted by Gasteiger charge is 2.15. The topological polar surface area (TPSA) is 49.9 Å². The third-order valence-electron chi connectivity index (χ3n) is 2.36. The Morgan fingerprint density at radius 1 is 1.17 bits per heavy atom. The van der Waals surface area contributed by atoms with Crippen molar-refractivity contribution in [3.8, 4) is 0 Å². The zero-order valence-corrected chi connectivity index (χ0v) is 11.5. The quantitative estimate of drug-likeness (QED) is 0.769. The lowest BCUT2D eigenvalue weighted by Crippen LogP contribution is -2.07. The second-order valence-electron chi connectivity index (χ2n) is 3.72. The number of rotatable bonds is 2. The average Bonchev–Trinajstić information content (AvgIpc) is 2.31. The molecule has 1 rings (SSSR count). The zero-order chi connectivity index (χ0) is 14.5. The van der Waals surface area contributed by atoms with Crippen LogP contribution in [0.5, 0.6) is 0 Å². The molecule has 0 saturated carbocycles. The van der Waals surface area contributed by atoms with Gasteiger partial charge in [-0.3, -0.25) is 0 Å². The molecule has 0 aromatic heterocycles. The predicted octanol–water partition coefficient (Wildman–Crippen LogP) is 4.03. The maximum Gasteiger partial charge on any atom is 0.136 e. The van der Waals surface area contributed by atoms with Crippen LogP contribution >= 0.6 is 0 Å². The van der Waals surface area contributed by atoms with Crippen LogP contribution in [0.2, 0.25) is 0 Å². The first-order chi connectivity index (χ1) is 8.36. The summed E-state index contributed by atoms with van der Waals surface area (Å²) in [6.07, 6.45) is 0. The van der Waals surface area contributed by atoms with Crippen molar-refractivity contribution >= 4 is 11.3 Å². The minimum absolute atomic E-state index is 0.0579. The molecular formula is C14H20F2N2. The van der Waals surface area contributed by atoms with Crippen molar-refractivity contribution in [3.63, 3.8) is 0 Å². The molecule has 1 aromatic rings. The molecule has 3 N–H and O–H groups in total. The van der Waals surface area contributed by atoms with E-state index in [9.17, 15) is 8.78 Å². The highest BCUT2D eigenvalue weighted by atomic mass is 19.1. The third kappa shape index (κ3) is 3.39. The first-order valence-corrected chi connectivity index (χ1v) is 5.83. The number of hydrogen-bond donors (Lipinski definition) is 2. The van der Waals surface area contributed by atoms with Gasteiger partial charge in [-0.2, -0.15) is 0 Å². The second kappa shape index (κ2) is 6.89. The van der Waals surface area contributed by atoms with E-state index in [0.717, 1.165) is 0 Å². The van der Waals surface area contributed by atoms with Gasteiger partial charge >= 0.3 is 0 Å². The Hall–Kier alpha value is -1.71. The normalized spacial score (nSPS) is 11.3. The van der Waals surface area contributed by atoms with Gasteiger partial charge in [-0.05, 0) is 32.9 Å². The summed E-state index contributed by atoms with van der Waals surface area (Å²) in [6.45, 7) is 8.46. The Balaban J connectivity index is 0.00000137. The molecule has 0 aliphatic heterocycles. The first kappa shape index (κ1) is 16.3. The van der Waals surface area contributed by atoms with Crippen LogP contribution in [-0.2, 0) is 0 Å². The lowest BCUT2D eigenvalue weighted by atomic mass is 9.97. The summed E-state index contributed by atoms with van der Waals surface area (Å²) in [5.41, 5.74) is 6.54. The molecule has 0 heterocycles. The van der Waals surface area contributed by atoms with Crippen molar-refractivity contribution in [1.82, 2.24) is 0 Å². The summed E-state index contributed by atoms with van der Waals surface area (Å²) in [6, 6.07) is 2.49. The molecule has 1 aromatic carbocycles. The van der Waals surface area contributed by atoms with Gasteiger partial charge in [0, 0.05) is 28.1 Å². The Labute approximate surface area is 107 Å². The van der Waals surface area contributed by atoms with E-state index in [-0.39, 0.29) is 16.8 Å². The van der Waals surface area contributed by atoms with Crippen LogP contribution in [0, 0.1) is 24.0 Å². The Kier molecular flexibility index (Phi) is 6.23. The van der Waals surface area contributed by atoms with E-state index < -0.39 is 11.6 Å². The van der Waals surface area contributed by atoms with E-state index in [1.807, 2.05) is 13.8 Å². The highest BCUT2D eigenvalue weighted by Crippen LogP contribution is 2.24. The number of allylic oxidation sites excluding steroid dienone is 2. The molecule has 0 fully saturated rings. The first-order valence-electron chi connectivity index (χ1n) is 5.83. The zero-order valence-electron chi connectivity index (χ0n) is 11.5. The fourth-order valence-corrected chi connectivity index (χ4v) is 1.56. The van der Waals surface area contributed by atoms with Crippen molar-refractivity contribution in [2.75, 3.05) is 0 Å². The number of hydrogen-bond acceptors (Lipinski definition) is 2. The van der Waals surface area contributed by atoms with Gasteiger partial charge in [0.2, 0.25) is 0 Å². The molecule has 100 valence electrons. The van der Waals surface area contributed by atoms with Crippen molar-refractivity contribution in [3.05, 3.63) is 40.6 Å². The fourth-order valence-electron chi connectivity index (χ4n) is 1.56. The molecule has 0 radical (unpaired) electrons. The van der Waals surface area contributed by atoms with E-state index >= 15 is 0 Å². The van der Waals surface area contributed by atoms with E-state index in [0.29, 0.717) is 11.3 Å². The van der Waals surface area contributed by atoms with Gasteiger partial charge in [-0.15, -0.1) is 0 Å². The van der Waals surface area contributed by atoms with Crippen molar-refractivity contribution in [2.45, 2.75) is 34.6 Å². The largest absolute Gasteiger partial charge is 0.402 e. The summed E-state index contributed by atoms with van der Waals surface area (Å²) in [7, 11) is 0. The lowest BCUT2D eigenvalue weighted by molar-refractivity contribution is 0.566. The van der Waals surface area contributed by atoms with E-state index in [1.165, 1.54) is 26.0 Å². The predicted molar refractivity (Wildman–Crippen MR) is 72.6 cm³/mol. The van der Waals surface area contributed by atoms with Crippen LogP contribution in [0.3, 0.4) is 0 Å². The highest BCUT2D eigenvalue weighted by molar-refractivity contribution is 6.21. The van der Waals surface area contributed by atoms with Gasteiger partial charge in [0.1, 0.15) is 11.6 Å². The molecule has 0 aliphatic carbocycles. The molecule has 0 spiro atoms. The van der Waals surface area contributed by atoms with Crippen LogP contribution in [-0.4, -0.2) is 5.71 Å². The smallest absolute Gasteiger partial charge is 0.136 e. The number of benzene rings is 1. The maximum atomic E-state index is 13.8. The summed E-state index contributed by atoms with van der Waals surface area (Å²) < 4.78 is 26.9. The number of nitrogens with two attached hydrogens (primary N) is 1. The Morgan fingerprint density at radius 2 is 1.67 bits per heavy atom. The molecule has 18 heavy (non-hydrogen) atoms. The molecule has 0 aliphatic rings. The standard InChI is InChI=1S/C12H14F2N2.C2H6/c1-6-10(13)5-4-9(12(6)14)11(7(2)15)8(3)16;1-2/h4-5,15H,16H2,1-3H3;1-2H3/b11-8+,15-7?;. The lowest BCUT2D eigenvalue weighted by Gasteiger charge is -2.11. The molecule has 4 heteroatoms. The Bertz CT molecular complexity index is 473. The van der Waals surface area contributed by atoms with Gasteiger partial charge in [-0.1, -0.05) is 13.8 Å². The van der Waals surface area contributed by atoms with Crippen molar-refractivity contribution in [2.24, 2.45) is 5.73 Å². The third-order valence-corrected chi connectivity index (χ3v) is 2.36. The molecule has 0 saturated heterocycles. The number of halogens is 2. The maximum absolute atomic E-state index is 13.8. The van der Waals surface area contributed by atoms with Crippen LogP contribution in [0.25, 0.3) is 5.57 Å². The molecule has 0 bridgehead atoms. The van der Waals surface area contributed by atoms with Crippen molar-refractivity contribution < 1.29 is 8.78 Å². The summed E-state index contributed by atoms with van der Waals surface area (Å²) >= 11 is 0. The van der Waals surface area contributed by atoms with Crippen LogP contribution in [0.15, 0.2) is 17.8 Å². The summed E-state index contributed by atoms with van der Waals surface area (Å²) in [4.78, 5) is 0. The van der Waals surface area contributed by atoms with Crippen LogP contribution in [0.1, 0.15) is 38.8 Å². The van der Waals surface area contributed by atoms with Gasteiger partial charge in [0.25, 0.3) is 0 Å². The molecule has 2 nitrogen and oxygen atoms in total. The molecular weight excluding hydrogens is 234 g/mol. The summed E-state index contributed by atoms with van der Waals surface area (Å²) in [5, 5.41) is 7.54. The minimum atomic E-state index is -0.661.